The topological polar surface area (TPSA) is 110 Å². The molecule has 168 valence electrons. The zero-order valence-corrected chi connectivity index (χ0v) is 18.4. The minimum absolute atomic E-state index is 0.0335. The molecule has 9 heteroatoms. The Morgan fingerprint density at radius 1 is 1.35 bits per heavy atom. The Morgan fingerprint density at radius 2 is 2.10 bits per heavy atom. The van der Waals surface area contributed by atoms with Gasteiger partial charge in [-0.1, -0.05) is 25.4 Å². The fraction of sp³-hybridized carbons (Fsp3) is 0.545. The van der Waals surface area contributed by atoms with Crippen LogP contribution in [0.25, 0.3) is 11.1 Å². The van der Waals surface area contributed by atoms with Crippen molar-refractivity contribution in [1.82, 2.24) is 14.9 Å². The maximum Gasteiger partial charge on any atom is 0.337 e. The van der Waals surface area contributed by atoms with E-state index in [0.717, 1.165) is 31.6 Å². The van der Waals surface area contributed by atoms with Crippen molar-refractivity contribution in [3.8, 4) is 6.01 Å². The Hall–Kier alpha value is -3.10. The molecule has 2 aromatic rings. The number of oxime groups is 1. The van der Waals surface area contributed by atoms with Crippen molar-refractivity contribution in [3.63, 3.8) is 0 Å². The molecule has 0 saturated carbocycles. The molecule has 1 fully saturated rings. The van der Waals surface area contributed by atoms with Crippen molar-refractivity contribution in [2.75, 3.05) is 19.7 Å². The van der Waals surface area contributed by atoms with Gasteiger partial charge in [0, 0.05) is 32.0 Å². The van der Waals surface area contributed by atoms with Crippen LogP contribution in [0.5, 0.6) is 6.01 Å². The molecule has 1 N–H and O–H groups in total. The molecule has 0 atom stereocenters. The molecule has 1 saturated heterocycles. The number of aryl methyl sites for hydroxylation is 1. The molecule has 2 aromatic heterocycles. The molecule has 9 nitrogen and oxygen atoms in total. The number of likely N-dealkylation sites (tertiary alicyclic amines) is 1. The first kappa shape index (κ1) is 22.6. The van der Waals surface area contributed by atoms with Crippen LogP contribution in [0.4, 0.5) is 0 Å². The van der Waals surface area contributed by atoms with Gasteiger partial charge < -0.3 is 18.9 Å². The monoisotopic (exact) mass is 430 g/mol. The second-order valence-electron chi connectivity index (χ2n) is 7.99. The van der Waals surface area contributed by atoms with E-state index in [1.54, 1.807) is 0 Å². The third-order valence-corrected chi connectivity index (χ3v) is 5.17. The van der Waals surface area contributed by atoms with Gasteiger partial charge in [-0.25, -0.2) is 4.79 Å². The number of fused-ring (bicyclic) bond motifs is 1. The lowest BCUT2D eigenvalue weighted by atomic mass is 10.0. The lowest BCUT2D eigenvalue weighted by Gasteiger charge is -2.29. The summed E-state index contributed by atoms with van der Waals surface area (Å²) in [6.07, 6.45) is 3.84. The first-order valence-corrected chi connectivity index (χ1v) is 10.7. The predicted molar refractivity (Wildman–Crippen MR) is 118 cm³/mol. The number of H-pyrrole nitrogens is 1. The van der Waals surface area contributed by atoms with Crippen molar-refractivity contribution in [2.45, 2.75) is 52.9 Å². The van der Waals surface area contributed by atoms with Crippen LogP contribution in [-0.4, -0.2) is 40.3 Å². The molecular formula is C22H30N4O5. The van der Waals surface area contributed by atoms with Gasteiger partial charge >= 0.3 is 11.6 Å². The second-order valence-corrected chi connectivity index (χ2v) is 7.99. The van der Waals surface area contributed by atoms with Crippen LogP contribution < -0.4 is 16.0 Å². The molecule has 0 aromatic carbocycles. The molecule has 3 rings (SSSR count). The smallest absolute Gasteiger partial charge is 0.337 e. The lowest BCUT2D eigenvalue weighted by Crippen LogP contribution is -2.34. The number of piperidine rings is 1. The van der Waals surface area contributed by atoms with E-state index < -0.39 is 11.2 Å². The van der Waals surface area contributed by atoms with E-state index in [9.17, 15) is 9.59 Å². The normalized spacial score (nSPS) is 14.2. The maximum atomic E-state index is 12.6. The van der Waals surface area contributed by atoms with Crippen LogP contribution in [0.1, 0.15) is 52.0 Å². The molecule has 3 heterocycles. The maximum absolute atomic E-state index is 12.6. The number of hydrogen-bond acceptors (Lipinski definition) is 8. The Morgan fingerprint density at radius 3 is 2.77 bits per heavy atom. The summed E-state index contributed by atoms with van der Waals surface area (Å²) in [6, 6.07) is 1.26. The first-order valence-electron chi connectivity index (χ1n) is 10.7. The van der Waals surface area contributed by atoms with Crippen LogP contribution >= 0.6 is 0 Å². The van der Waals surface area contributed by atoms with E-state index >= 15 is 0 Å². The van der Waals surface area contributed by atoms with Gasteiger partial charge in [-0.3, -0.25) is 9.78 Å². The Kier molecular flexibility index (Phi) is 7.49. The molecule has 0 radical (unpaired) electrons. The number of aromatic nitrogens is 2. The number of nitrogens with one attached hydrogen (secondary N) is 1. The summed E-state index contributed by atoms with van der Waals surface area (Å²) in [6.45, 7) is 12.1. The summed E-state index contributed by atoms with van der Waals surface area (Å²) in [5.74, 6) is 1.20. The van der Waals surface area contributed by atoms with Gasteiger partial charge in [0.2, 0.25) is 5.71 Å². The van der Waals surface area contributed by atoms with E-state index in [0.29, 0.717) is 43.2 Å². The summed E-state index contributed by atoms with van der Waals surface area (Å²) in [7, 11) is 0. The quantitative estimate of drug-likeness (QED) is 0.480. The first-order chi connectivity index (χ1) is 14.9. The third kappa shape index (κ3) is 5.96. The number of aromatic amines is 1. The second kappa shape index (κ2) is 10.3. The van der Waals surface area contributed by atoms with E-state index in [2.05, 4.69) is 35.6 Å². The highest BCUT2D eigenvalue weighted by molar-refractivity contribution is 5.85. The summed E-state index contributed by atoms with van der Waals surface area (Å²) in [5.41, 5.74) is 0.497. The van der Waals surface area contributed by atoms with Gasteiger partial charge in [-0.15, -0.1) is 0 Å². The fourth-order valence-electron chi connectivity index (χ4n) is 3.54. The average molecular weight is 431 g/mol. The van der Waals surface area contributed by atoms with Gasteiger partial charge in [0.05, 0.1) is 12.3 Å². The molecule has 1 aliphatic heterocycles. The molecule has 0 bridgehead atoms. The van der Waals surface area contributed by atoms with E-state index in [1.807, 2.05) is 11.8 Å². The minimum Gasteiger partial charge on any atom is -0.480 e. The predicted octanol–water partition coefficient (Wildman–Crippen LogP) is 3.19. The van der Waals surface area contributed by atoms with Crippen molar-refractivity contribution in [3.05, 3.63) is 44.9 Å². The third-order valence-electron chi connectivity index (χ3n) is 5.17. The molecule has 0 amide bonds. The van der Waals surface area contributed by atoms with E-state index in [4.69, 9.17) is 14.0 Å². The highest BCUT2D eigenvalue weighted by Crippen LogP contribution is 2.18. The van der Waals surface area contributed by atoms with Crippen LogP contribution in [0.15, 0.2) is 37.7 Å². The Balaban J connectivity index is 1.73. The van der Waals surface area contributed by atoms with Gasteiger partial charge in [-0.05, 0) is 37.8 Å². The zero-order valence-electron chi connectivity index (χ0n) is 18.4. The van der Waals surface area contributed by atoms with Gasteiger partial charge in [0.1, 0.15) is 5.39 Å². The highest BCUT2D eigenvalue weighted by atomic mass is 16.6. The molecule has 0 unspecified atom stereocenters. The number of ether oxygens (including phenoxy) is 1. The number of hydrogen-bond donors (Lipinski definition) is 1. The van der Waals surface area contributed by atoms with Crippen LogP contribution in [0, 0.1) is 5.92 Å². The Bertz CT molecular complexity index is 1060. The zero-order chi connectivity index (χ0) is 22.4. The highest BCUT2D eigenvalue weighted by Gasteiger charge is 2.18. The fourth-order valence-corrected chi connectivity index (χ4v) is 3.54. The molecule has 31 heavy (non-hydrogen) atoms. The Labute approximate surface area is 180 Å². The van der Waals surface area contributed by atoms with Gasteiger partial charge in [-0.2, -0.15) is 4.98 Å². The number of nitrogens with zero attached hydrogens (tertiary/aromatic N) is 3. The van der Waals surface area contributed by atoms with Crippen molar-refractivity contribution < 1.29 is 14.0 Å². The van der Waals surface area contributed by atoms with Crippen molar-refractivity contribution >= 4 is 16.8 Å². The summed E-state index contributed by atoms with van der Waals surface area (Å²) in [5, 5.41) is 4.41. The molecule has 0 aliphatic carbocycles. The molecule has 1 aliphatic rings. The SMILES string of the molecule is C=C(OCC)N1CCC(=NOc2nc3oc(=O)cc(CCCC(C)C)c3c(=O)[nH]2)CC1. The van der Waals surface area contributed by atoms with Crippen LogP contribution in [0.3, 0.4) is 0 Å². The summed E-state index contributed by atoms with van der Waals surface area (Å²) >= 11 is 0. The molecule has 0 spiro atoms. The number of rotatable bonds is 9. The van der Waals surface area contributed by atoms with E-state index in [1.165, 1.54) is 6.07 Å². The standard InChI is InChI=1S/C22H30N4O5/c1-5-29-15(4)26-11-9-17(10-12-26)25-31-22-23-20(28)19-16(8-6-7-14(2)3)13-18(27)30-21(19)24-22/h13-14H,4-12H2,1-3H3,(H,23,24,28). The van der Waals surface area contributed by atoms with Crippen LogP contribution in [-0.2, 0) is 11.2 Å². The summed E-state index contributed by atoms with van der Waals surface area (Å²) in [4.78, 5) is 38.7. The minimum atomic E-state index is -0.538. The van der Waals surface area contributed by atoms with Crippen molar-refractivity contribution in [1.29, 1.82) is 0 Å². The van der Waals surface area contributed by atoms with E-state index in [-0.39, 0.29) is 17.1 Å². The van der Waals surface area contributed by atoms with Crippen LogP contribution in [0.2, 0.25) is 0 Å². The van der Waals surface area contributed by atoms with Gasteiger partial charge in [0.25, 0.3) is 5.56 Å². The van der Waals surface area contributed by atoms with Gasteiger partial charge in [0.15, 0.2) is 5.88 Å². The lowest BCUT2D eigenvalue weighted by molar-refractivity contribution is 0.121. The molecular weight excluding hydrogens is 400 g/mol. The van der Waals surface area contributed by atoms with Crippen molar-refractivity contribution in [2.24, 2.45) is 11.1 Å². The summed E-state index contributed by atoms with van der Waals surface area (Å²) < 4.78 is 10.6. The average Bonchev–Trinajstić information content (AvgIpc) is 2.72. The largest absolute Gasteiger partial charge is 0.480 e.